The number of aryl methyl sites for hydroxylation is 2. The number of anilines is 2. The average molecular weight is 266 g/mol. The largest absolute Gasteiger partial charge is 0.382 e. The van der Waals surface area contributed by atoms with Gasteiger partial charge in [0.25, 0.3) is 0 Å². The summed E-state index contributed by atoms with van der Waals surface area (Å²) in [5.41, 5.74) is 6.44. The fraction of sp³-hybridized carbons (Fsp3) is 0.333. The molecule has 20 heavy (non-hydrogen) atoms. The second-order valence-electron chi connectivity index (χ2n) is 5.93. The molecule has 2 aromatic carbocycles. The van der Waals surface area contributed by atoms with Gasteiger partial charge >= 0.3 is 0 Å². The number of hydrogen-bond donors (Lipinski definition) is 2. The van der Waals surface area contributed by atoms with E-state index >= 15 is 0 Å². The maximum Gasteiger partial charge on any atom is 0.0553 e. The van der Waals surface area contributed by atoms with Crippen molar-refractivity contribution in [2.75, 3.05) is 10.6 Å². The van der Waals surface area contributed by atoms with E-state index in [9.17, 15) is 0 Å². The van der Waals surface area contributed by atoms with Gasteiger partial charge in [0.15, 0.2) is 0 Å². The van der Waals surface area contributed by atoms with Crippen LogP contribution < -0.4 is 10.6 Å². The van der Waals surface area contributed by atoms with Crippen LogP contribution in [-0.2, 0) is 0 Å². The molecule has 2 atom stereocenters. The molecule has 2 N–H and O–H groups in total. The summed E-state index contributed by atoms with van der Waals surface area (Å²) in [5, 5.41) is 7.26. The van der Waals surface area contributed by atoms with Gasteiger partial charge in [0.05, 0.1) is 6.04 Å². The third-order valence-electron chi connectivity index (χ3n) is 3.97. The molecule has 0 aliphatic carbocycles. The Morgan fingerprint density at radius 3 is 2.45 bits per heavy atom. The Balaban J connectivity index is 1.88. The maximum atomic E-state index is 3.67. The van der Waals surface area contributed by atoms with Crippen LogP contribution in [0.5, 0.6) is 0 Å². The number of fused-ring (bicyclic) bond motifs is 1. The lowest BCUT2D eigenvalue weighted by molar-refractivity contribution is 0.599. The van der Waals surface area contributed by atoms with E-state index in [1.807, 2.05) is 0 Å². The maximum absolute atomic E-state index is 3.67. The Morgan fingerprint density at radius 1 is 1.00 bits per heavy atom. The SMILES string of the molecule is Cc1ccc(NC2CC(C)Nc3cc(C)ccc32)cc1. The molecule has 0 aromatic heterocycles. The molecule has 2 unspecified atom stereocenters. The highest BCUT2D eigenvalue weighted by Crippen LogP contribution is 2.35. The summed E-state index contributed by atoms with van der Waals surface area (Å²) in [4.78, 5) is 0. The minimum absolute atomic E-state index is 0.379. The molecule has 0 spiro atoms. The van der Waals surface area contributed by atoms with Gasteiger partial charge in [0, 0.05) is 17.4 Å². The van der Waals surface area contributed by atoms with Crippen LogP contribution in [-0.4, -0.2) is 6.04 Å². The van der Waals surface area contributed by atoms with Gasteiger partial charge in [-0.15, -0.1) is 0 Å². The molecule has 3 rings (SSSR count). The summed E-state index contributed by atoms with van der Waals surface area (Å²) < 4.78 is 0. The fourth-order valence-corrected chi connectivity index (χ4v) is 2.89. The predicted molar refractivity (Wildman–Crippen MR) is 86.4 cm³/mol. The van der Waals surface area contributed by atoms with Gasteiger partial charge in [0.1, 0.15) is 0 Å². The first-order chi connectivity index (χ1) is 9.61. The summed E-state index contributed by atoms with van der Waals surface area (Å²) in [5.74, 6) is 0. The van der Waals surface area contributed by atoms with Crippen molar-refractivity contribution in [3.63, 3.8) is 0 Å². The van der Waals surface area contributed by atoms with Gasteiger partial charge in [0.2, 0.25) is 0 Å². The van der Waals surface area contributed by atoms with Crippen molar-refractivity contribution in [3.8, 4) is 0 Å². The van der Waals surface area contributed by atoms with Crippen molar-refractivity contribution in [1.82, 2.24) is 0 Å². The molecular weight excluding hydrogens is 244 g/mol. The van der Waals surface area contributed by atoms with Crippen LogP contribution in [0, 0.1) is 13.8 Å². The summed E-state index contributed by atoms with van der Waals surface area (Å²) >= 11 is 0. The molecule has 1 heterocycles. The highest BCUT2D eigenvalue weighted by atomic mass is 15.0. The smallest absolute Gasteiger partial charge is 0.0553 e. The topological polar surface area (TPSA) is 24.1 Å². The van der Waals surface area contributed by atoms with Gasteiger partial charge < -0.3 is 10.6 Å². The second kappa shape index (κ2) is 5.20. The van der Waals surface area contributed by atoms with Gasteiger partial charge in [-0.05, 0) is 56.5 Å². The van der Waals surface area contributed by atoms with Gasteiger partial charge in [-0.3, -0.25) is 0 Å². The first-order valence-corrected chi connectivity index (χ1v) is 7.32. The van der Waals surface area contributed by atoms with Crippen LogP contribution in [0.25, 0.3) is 0 Å². The summed E-state index contributed by atoms with van der Waals surface area (Å²) in [6.07, 6.45) is 1.10. The van der Waals surface area contributed by atoms with E-state index < -0.39 is 0 Å². The highest BCUT2D eigenvalue weighted by Gasteiger charge is 2.23. The van der Waals surface area contributed by atoms with Crippen LogP contribution in [0.3, 0.4) is 0 Å². The Labute approximate surface area is 121 Å². The average Bonchev–Trinajstić information content (AvgIpc) is 2.40. The Morgan fingerprint density at radius 2 is 1.70 bits per heavy atom. The second-order valence-corrected chi connectivity index (χ2v) is 5.93. The van der Waals surface area contributed by atoms with E-state index in [1.165, 1.54) is 28.1 Å². The zero-order valence-corrected chi connectivity index (χ0v) is 12.4. The highest BCUT2D eigenvalue weighted by molar-refractivity contribution is 5.60. The predicted octanol–water partition coefficient (Wildman–Crippen LogP) is 4.66. The Kier molecular flexibility index (Phi) is 3.39. The van der Waals surface area contributed by atoms with Crippen molar-refractivity contribution in [2.24, 2.45) is 0 Å². The number of rotatable bonds is 2. The third kappa shape index (κ3) is 2.64. The zero-order chi connectivity index (χ0) is 14.1. The first-order valence-electron chi connectivity index (χ1n) is 7.32. The summed E-state index contributed by atoms with van der Waals surface area (Å²) in [7, 11) is 0. The molecule has 0 fully saturated rings. The molecule has 1 aliphatic rings. The van der Waals surface area contributed by atoms with Crippen LogP contribution >= 0.6 is 0 Å². The Bertz CT molecular complexity index is 601. The lowest BCUT2D eigenvalue weighted by Crippen LogP contribution is -2.29. The molecule has 0 amide bonds. The van der Waals surface area contributed by atoms with Crippen LogP contribution in [0.4, 0.5) is 11.4 Å². The Hall–Kier alpha value is -1.96. The molecule has 104 valence electrons. The van der Waals surface area contributed by atoms with E-state index in [0.29, 0.717) is 12.1 Å². The molecule has 1 aliphatic heterocycles. The van der Waals surface area contributed by atoms with Crippen molar-refractivity contribution in [2.45, 2.75) is 39.3 Å². The number of benzene rings is 2. The molecule has 0 bridgehead atoms. The van der Waals surface area contributed by atoms with Crippen molar-refractivity contribution in [1.29, 1.82) is 0 Å². The lowest BCUT2D eigenvalue weighted by atomic mass is 9.92. The molecular formula is C18H22N2. The minimum atomic E-state index is 0.379. The monoisotopic (exact) mass is 266 g/mol. The van der Waals surface area contributed by atoms with Crippen molar-refractivity contribution < 1.29 is 0 Å². The molecule has 0 saturated carbocycles. The minimum Gasteiger partial charge on any atom is -0.382 e. The van der Waals surface area contributed by atoms with Gasteiger partial charge in [-0.2, -0.15) is 0 Å². The van der Waals surface area contributed by atoms with Gasteiger partial charge in [-0.1, -0.05) is 29.8 Å². The summed E-state index contributed by atoms with van der Waals surface area (Å²) in [6, 6.07) is 16.2. The molecule has 0 radical (unpaired) electrons. The van der Waals surface area contributed by atoms with E-state index in [4.69, 9.17) is 0 Å². The van der Waals surface area contributed by atoms with E-state index in [-0.39, 0.29) is 0 Å². The molecule has 2 nitrogen and oxygen atoms in total. The third-order valence-corrected chi connectivity index (χ3v) is 3.97. The van der Waals surface area contributed by atoms with Crippen molar-refractivity contribution in [3.05, 3.63) is 59.2 Å². The molecule has 2 heteroatoms. The quantitative estimate of drug-likeness (QED) is 0.826. The zero-order valence-electron chi connectivity index (χ0n) is 12.4. The lowest BCUT2D eigenvalue weighted by Gasteiger charge is -2.32. The first kappa shape index (κ1) is 13.0. The normalized spacial score (nSPS) is 20.9. The number of nitrogens with one attached hydrogen (secondary N) is 2. The molecule has 0 saturated heterocycles. The van der Waals surface area contributed by atoms with Gasteiger partial charge in [-0.25, -0.2) is 0 Å². The standard InChI is InChI=1S/C18H22N2/c1-12-4-7-15(8-5-12)20-18-11-14(3)19-17-10-13(2)6-9-16(17)18/h4-10,14,18-20H,11H2,1-3H3. The summed E-state index contributed by atoms with van der Waals surface area (Å²) in [6.45, 7) is 6.51. The van der Waals surface area contributed by atoms with Crippen LogP contribution in [0.15, 0.2) is 42.5 Å². The molecule has 2 aromatic rings. The van der Waals surface area contributed by atoms with Crippen molar-refractivity contribution >= 4 is 11.4 Å². The van der Waals surface area contributed by atoms with Crippen LogP contribution in [0.2, 0.25) is 0 Å². The fourth-order valence-electron chi connectivity index (χ4n) is 2.89. The van der Waals surface area contributed by atoms with E-state index in [2.05, 4.69) is 73.9 Å². The number of hydrogen-bond acceptors (Lipinski definition) is 2. The van der Waals surface area contributed by atoms with E-state index in [1.54, 1.807) is 0 Å². The van der Waals surface area contributed by atoms with E-state index in [0.717, 1.165) is 6.42 Å². The van der Waals surface area contributed by atoms with Crippen LogP contribution in [0.1, 0.15) is 36.1 Å².